The molecule has 19 heavy (non-hydrogen) atoms. The van der Waals surface area contributed by atoms with Crippen molar-refractivity contribution >= 4 is 11.7 Å². The number of rotatable bonds is 7. The maximum Gasteiger partial charge on any atom is 0.338 e. The molecular formula is C13H18F2N2O2. The summed E-state index contributed by atoms with van der Waals surface area (Å²) < 4.78 is 27.2. The van der Waals surface area contributed by atoms with Crippen molar-refractivity contribution < 1.29 is 18.7 Å². The van der Waals surface area contributed by atoms with Crippen LogP contribution in [0.4, 0.5) is 14.5 Å². The summed E-state index contributed by atoms with van der Waals surface area (Å²) in [5.41, 5.74) is 4.81. The van der Waals surface area contributed by atoms with Gasteiger partial charge >= 0.3 is 5.97 Å². The Morgan fingerprint density at radius 3 is 2.63 bits per heavy atom. The third kappa shape index (κ3) is 3.89. The molecule has 0 spiro atoms. The normalized spacial score (nSPS) is 12.2. The molecule has 1 rings (SSSR count). The zero-order valence-corrected chi connectivity index (χ0v) is 10.7. The smallest absolute Gasteiger partial charge is 0.338 e. The SMILES string of the molecule is CCCCC(CN)Nc1ccc(C(=O)O)c(F)c1F. The Balaban J connectivity index is 2.90. The summed E-state index contributed by atoms with van der Waals surface area (Å²) in [5.74, 6) is -4.04. The molecule has 1 aromatic carbocycles. The third-order valence-corrected chi connectivity index (χ3v) is 2.86. The number of aromatic carboxylic acids is 1. The van der Waals surface area contributed by atoms with Crippen LogP contribution in [0.2, 0.25) is 0 Å². The van der Waals surface area contributed by atoms with E-state index in [1.54, 1.807) is 0 Å². The molecule has 0 radical (unpaired) electrons. The minimum absolute atomic E-state index is 0.0611. The van der Waals surface area contributed by atoms with Gasteiger partial charge in [-0.2, -0.15) is 0 Å². The number of nitrogens with one attached hydrogen (secondary N) is 1. The van der Waals surface area contributed by atoms with Gasteiger partial charge in [-0.05, 0) is 18.6 Å². The summed E-state index contributed by atoms with van der Waals surface area (Å²) >= 11 is 0. The van der Waals surface area contributed by atoms with E-state index in [4.69, 9.17) is 10.8 Å². The first kappa shape index (κ1) is 15.4. The lowest BCUT2D eigenvalue weighted by atomic mass is 10.1. The van der Waals surface area contributed by atoms with Crippen LogP contribution in [-0.4, -0.2) is 23.7 Å². The van der Waals surface area contributed by atoms with Crippen LogP contribution in [0.3, 0.4) is 0 Å². The lowest BCUT2D eigenvalue weighted by Crippen LogP contribution is -2.29. The van der Waals surface area contributed by atoms with E-state index in [1.807, 2.05) is 6.92 Å². The van der Waals surface area contributed by atoms with Crippen molar-refractivity contribution in [3.63, 3.8) is 0 Å². The number of carboxylic acid groups (broad SMARTS) is 1. The van der Waals surface area contributed by atoms with E-state index in [9.17, 15) is 13.6 Å². The van der Waals surface area contributed by atoms with E-state index >= 15 is 0 Å². The quantitative estimate of drug-likeness (QED) is 0.713. The molecule has 4 nitrogen and oxygen atoms in total. The second kappa shape index (κ2) is 7.04. The van der Waals surface area contributed by atoms with Gasteiger partial charge in [0.1, 0.15) is 0 Å². The van der Waals surface area contributed by atoms with Crippen molar-refractivity contribution in [3.8, 4) is 0 Å². The van der Waals surface area contributed by atoms with Gasteiger partial charge in [0.15, 0.2) is 11.6 Å². The first-order chi connectivity index (χ1) is 9.01. The van der Waals surface area contributed by atoms with E-state index in [0.717, 1.165) is 25.3 Å². The Morgan fingerprint density at radius 1 is 1.42 bits per heavy atom. The molecule has 0 aliphatic rings. The fourth-order valence-corrected chi connectivity index (χ4v) is 1.75. The van der Waals surface area contributed by atoms with Crippen molar-refractivity contribution in [1.29, 1.82) is 0 Å². The highest BCUT2D eigenvalue weighted by Gasteiger charge is 2.19. The number of carboxylic acids is 1. The summed E-state index contributed by atoms with van der Waals surface area (Å²) in [6.07, 6.45) is 2.65. The summed E-state index contributed by atoms with van der Waals surface area (Å²) in [4.78, 5) is 10.7. The first-order valence-electron chi connectivity index (χ1n) is 6.19. The van der Waals surface area contributed by atoms with Crippen LogP contribution < -0.4 is 11.1 Å². The lowest BCUT2D eigenvalue weighted by Gasteiger charge is -2.18. The Labute approximate surface area is 110 Å². The Kier molecular flexibility index (Phi) is 5.69. The summed E-state index contributed by atoms with van der Waals surface area (Å²) in [7, 11) is 0. The molecule has 0 heterocycles. The van der Waals surface area contributed by atoms with Gasteiger partial charge in [0.25, 0.3) is 0 Å². The molecule has 4 N–H and O–H groups in total. The molecule has 0 saturated heterocycles. The van der Waals surface area contributed by atoms with Gasteiger partial charge in [-0.25, -0.2) is 13.6 Å². The van der Waals surface area contributed by atoms with Gasteiger partial charge in [-0.3, -0.25) is 0 Å². The first-order valence-corrected chi connectivity index (χ1v) is 6.19. The zero-order chi connectivity index (χ0) is 14.4. The molecule has 0 aliphatic heterocycles. The predicted molar refractivity (Wildman–Crippen MR) is 69.3 cm³/mol. The molecule has 1 atom stereocenters. The number of unbranched alkanes of at least 4 members (excludes halogenated alkanes) is 1. The largest absolute Gasteiger partial charge is 0.478 e. The van der Waals surface area contributed by atoms with Crippen molar-refractivity contribution in [2.24, 2.45) is 5.73 Å². The second-order valence-electron chi connectivity index (χ2n) is 4.31. The van der Waals surface area contributed by atoms with Crippen LogP contribution in [0.25, 0.3) is 0 Å². The van der Waals surface area contributed by atoms with E-state index in [-0.39, 0.29) is 11.7 Å². The number of nitrogens with two attached hydrogens (primary N) is 1. The van der Waals surface area contributed by atoms with Crippen LogP contribution in [0.1, 0.15) is 36.5 Å². The molecule has 0 saturated carbocycles. The number of benzene rings is 1. The number of hydrogen-bond acceptors (Lipinski definition) is 3. The fourth-order valence-electron chi connectivity index (χ4n) is 1.75. The minimum Gasteiger partial charge on any atom is -0.478 e. The zero-order valence-electron chi connectivity index (χ0n) is 10.7. The van der Waals surface area contributed by atoms with Crippen molar-refractivity contribution in [2.75, 3.05) is 11.9 Å². The summed E-state index contributed by atoms with van der Waals surface area (Å²) in [6, 6.07) is 2.09. The molecule has 6 heteroatoms. The Bertz CT molecular complexity index is 453. The molecule has 1 aromatic rings. The maximum absolute atomic E-state index is 13.7. The number of carbonyl (C=O) groups is 1. The summed E-state index contributed by atoms with van der Waals surface area (Å²) in [5, 5.41) is 11.5. The molecular weight excluding hydrogens is 254 g/mol. The Morgan fingerprint density at radius 2 is 2.11 bits per heavy atom. The van der Waals surface area contributed by atoms with E-state index in [0.29, 0.717) is 6.54 Å². The second-order valence-corrected chi connectivity index (χ2v) is 4.31. The van der Waals surface area contributed by atoms with Gasteiger partial charge in [0.05, 0.1) is 11.3 Å². The fraction of sp³-hybridized carbons (Fsp3) is 0.462. The number of halogens is 2. The van der Waals surface area contributed by atoms with Crippen LogP contribution >= 0.6 is 0 Å². The van der Waals surface area contributed by atoms with E-state index in [1.165, 1.54) is 6.07 Å². The van der Waals surface area contributed by atoms with Crippen LogP contribution in [0, 0.1) is 11.6 Å². The molecule has 0 aromatic heterocycles. The van der Waals surface area contributed by atoms with Gasteiger partial charge in [0.2, 0.25) is 0 Å². The average molecular weight is 272 g/mol. The van der Waals surface area contributed by atoms with Crippen LogP contribution in [0.5, 0.6) is 0 Å². The van der Waals surface area contributed by atoms with Gasteiger partial charge in [-0.1, -0.05) is 19.8 Å². The highest BCUT2D eigenvalue weighted by molar-refractivity contribution is 5.88. The molecule has 0 bridgehead atoms. The van der Waals surface area contributed by atoms with E-state index < -0.39 is 23.2 Å². The lowest BCUT2D eigenvalue weighted by molar-refractivity contribution is 0.0690. The Hall–Kier alpha value is -1.69. The highest BCUT2D eigenvalue weighted by atomic mass is 19.2. The molecule has 0 fully saturated rings. The van der Waals surface area contributed by atoms with Crippen molar-refractivity contribution in [1.82, 2.24) is 0 Å². The standard InChI is InChI=1S/C13H18F2N2O2/c1-2-3-4-8(7-16)17-10-6-5-9(13(18)19)11(14)12(10)15/h5-6,8,17H,2-4,7,16H2,1H3,(H,18,19). The topological polar surface area (TPSA) is 75.3 Å². The molecule has 0 aliphatic carbocycles. The molecule has 1 unspecified atom stereocenters. The third-order valence-electron chi connectivity index (χ3n) is 2.86. The number of hydrogen-bond donors (Lipinski definition) is 3. The molecule has 106 valence electrons. The van der Waals surface area contributed by atoms with Crippen molar-refractivity contribution in [2.45, 2.75) is 32.2 Å². The van der Waals surface area contributed by atoms with Crippen molar-refractivity contribution in [3.05, 3.63) is 29.3 Å². The van der Waals surface area contributed by atoms with E-state index in [2.05, 4.69) is 5.32 Å². The monoisotopic (exact) mass is 272 g/mol. The number of anilines is 1. The van der Waals surface area contributed by atoms with Crippen LogP contribution in [-0.2, 0) is 0 Å². The van der Waals surface area contributed by atoms with Gasteiger partial charge < -0.3 is 16.2 Å². The summed E-state index contributed by atoms with van der Waals surface area (Å²) in [6.45, 7) is 2.32. The average Bonchev–Trinajstić information content (AvgIpc) is 2.39. The van der Waals surface area contributed by atoms with Gasteiger partial charge in [-0.15, -0.1) is 0 Å². The maximum atomic E-state index is 13.7. The van der Waals surface area contributed by atoms with Crippen LogP contribution in [0.15, 0.2) is 12.1 Å². The highest BCUT2D eigenvalue weighted by Crippen LogP contribution is 2.22. The molecule has 0 amide bonds. The van der Waals surface area contributed by atoms with Gasteiger partial charge in [0, 0.05) is 12.6 Å². The minimum atomic E-state index is -1.50. The predicted octanol–water partition coefficient (Wildman–Crippen LogP) is 2.59.